The third-order valence-corrected chi connectivity index (χ3v) is 6.50. The Balaban J connectivity index is 1.80. The van der Waals surface area contributed by atoms with Crippen molar-refractivity contribution in [3.63, 3.8) is 0 Å². The van der Waals surface area contributed by atoms with Crippen LogP contribution in [0.5, 0.6) is 17.2 Å². The van der Waals surface area contributed by atoms with Gasteiger partial charge in [0.2, 0.25) is 0 Å². The van der Waals surface area contributed by atoms with Gasteiger partial charge in [-0.05, 0) is 54.4 Å². The van der Waals surface area contributed by atoms with Crippen molar-refractivity contribution < 1.29 is 27.4 Å². The number of amides is 1. The number of nitrogens with one attached hydrogen (secondary N) is 2. The fourth-order valence-corrected chi connectivity index (χ4v) is 4.58. The Labute approximate surface area is 193 Å². The summed E-state index contributed by atoms with van der Waals surface area (Å²) in [6, 6.07) is 16.6. The van der Waals surface area contributed by atoms with Gasteiger partial charge in [-0.2, -0.15) is 0 Å². The van der Waals surface area contributed by atoms with Gasteiger partial charge in [0.25, 0.3) is 15.9 Å². The highest BCUT2D eigenvalue weighted by molar-refractivity contribution is 7.92. The molecule has 0 radical (unpaired) electrons. The molecule has 0 bridgehead atoms. The molecule has 0 fully saturated rings. The summed E-state index contributed by atoms with van der Waals surface area (Å²) in [5.74, 6) is 1.12. The highest BCUT2D eigenvalue weighted by atomic mass is 32.2. The van der Waals surface area contributed by atoms with E-state index in [1.54, 1.807) is 62.6 Å². The van der Waals surface area contributed by atoms with Gasteiger partial charge in [0.1, 0.15) is 5.75 Å². The fraction of sp³-hybridized carbons (Fsp3) is 0.208. The molecule has 0 aliphatic rings. The topological polar surface area (TPSA) is 103 Å². The molecule has 0 aliphatic heterocycles. The number of ether oxygens (including phenoxy) is 3. The second-order valence-corrected chi connectivity index (χ2v) is 8.81. The van der Waals surface area contributed by atoms with E-state index in [9.17, 15) is 13.2 Å². The summed E-state index contributed by atoms with van der Waals surface area (Å²) in [6.45, 7) is 1.90. The molecule has 33 heavy (non-hydrogen) atoms. The van der Waals surface area contributed by atoms with Crippen LogP contribution in [-0.2, 0) is 16.6 Å². The predicted octanol–water partition coefficient (Wildman–Crippen LogP) is 3.75. The number of hydrogen-bond acceptors (Lipinski definition) is 6. The number of sulfonamides is 1. The van der Waals surface area contributed by atoms with Gasteiger partial charge in [0.05, 0.1) is 31.9 Å². The van der Waals surface area contributed by atoms with Crippen LogP contribution in [0.2, 0.25) is 0 Å². The van der Waals surface area contributed by atoms with Gasteiger partial charge >= 0.3 is 0 Å². The van der Waals surface area contributed by atoms with Crippen molar-refractivity contribution >= 4 is 21.6 Å². The molecule has 0 saturated heterocycles. The predicted molar refractivity (Wildman–Crippen MR) is 126 cm³/mol. The molecule has 3 aromatic carbocycles. The van der Waals surface area contributed by atoms with Crippen LogP contribution < -0.4 is 24.2 Å². The maximum absolute atomic E-state index is 13.1. The van der Waals surface area contributed by atoms with Crippen LogP contribution in [-0.4, -0.2) is 35.7 Å². The van der Waals surface area contributed by atoms with Crippen molar-refractivity contribution in [3.05, 3.63) is 77.4 Å². The quantitative estimate of drug-likeness (QED) is 0.494. The van der Waals surface area contributed by atoms with E-state index < -0.39 is 15.9 Å². The number of methoxy groups -OCH3 is 3. The highest BCUT2D eigenvalue weighted by Crippen LogP contribution is 2.28. The van der Waals surface area contributed by atoms with Gasteiger partial charge in [-0.1, -0.05) is 24.3 Å². The Hall–Kier alpha value is -3.72. The Morgan fingerprint density at radius 1 is 0.848 bits per heavy atom. The van der Waals surface area contributed by atoms with E-state index >= 15 is 0 Å². The normalized spacial score (nSPS) is 10.9. The largest absolute Gasteiger partial charge is 0.495 e. The van der Waals surface area contributed by atoms with Gasteiger partial charge < -0.3 is 19.5 Å². The van der Waals surface area contributed by atoms with Crippen LogP contribution in [0.1, 0.15) is 21.5 Å². The number of aryl methyl sites for hydroxylation is 1. The second-order valence-electron chi connectivity index (χ2n) is 7.16. The minimum Gasteiger partial charge on any atom is -0.495 e. The molecule has 0 spiro atoms. The van der Waals surface area contributed by atoms with Crippen LogP contribution in [0.15, 0.2) is 65.6 Å². The van der Waals surface area contributed by atoms with Gasteiger partial charge in [0.15, 0.2) is 11.5 Å². The number of anilines is 1. The SMILES string of the molecule is COc1ccccc1NS(=O)(=O)c1cc(C(=O)NCc2ccc(OC)c(OC)c2)ccc1C. The maximum Gasteiger partial charge on any atom is 0.262 e. The smallest absolute Gasteiger partial charge is 0.262 e. The Kier molecular flexibility index (Phi) is 7.44. The Morgan fingerprint density at radius 2 is 1.55 bits per heavy atom. The van der Waals surface area contributed by atoms with E-state index in [1.807, 2.05) is 6.07 Å². The monoisotopic (exact) mass is 470 g/mol. The van der Waals surface area contributed by atoms with Crippen molar-refractivity contribution in [1.82, 2.24) is 5.32 Å². The van der Waals surface area contributed by atoms with Crippen molar-refractivity contribution in [3.8, 4) is 17.2 Å². The summed E-state index contributed by atoms with van der Waals surface area (Å²) >= 11 is 0. The third-order valence-electron chi connectivity index (χ3n) is 4.99. The molecule has 3 aromatic rings. The third kappa shape index (κ3) is 5.56. The van der Waals surface area contributed by atoms with Crippen molar-refractivity contribution in [2.45, 2.75) is 18.4 Å². The number of para-hydroxylation sites is 2. The number of carbonyl (C=O) groups is 1. The number of hydrogen-bond donors (Lipinski definition) is 2. The zero-order valence-corrected chi connectivity index (χ0v) is 19.7. The zero-order chi connectivity index (χ0) is 24.0. The lowest BCUT2D eigenvalue weighted by atomic mass is 10.1. The number of benzene rings is 3. The summed E-state index contributed by atoms with van der Waals surface area (Å²) in [6.07, 6.45) is 0. The summed E-state index contributed by atoms with van der Waals surface area (Å²) in [5, 5.41) is 2.80. The summed E-state index contributed by atoms with van der Waals surface area (Å²) in [4.78, 5) is 12.7. The Morgan fingerprint density at radius 3 is 2.24 bits per heavy atom. The molecule has 0 atom stereocenters. The first-order valence-corrected chi connectivity index (χ1v) is 11.5. The molecule has 0 aliphatic carbocycles. The first-order valence-electron chi connectivity index (χ1n) is 10.0. The average molecular weight is 471 g/mol. The second kappa shape index (κ2) is 10.3. The molecule has 1 amide bonds. The number of rotatable bonds is 9. The minimum absolute atomic E-state index is 0.00664. The summed E-state index contributed by atoms with van der Waals surface area (Å²) in [7, 11) is 0.585. The standard InChI is InChI=1S/C24H26N2O6S/c1-16-9-11-18(24(27)25-15-17-10-12-21(31-3)22(13-17)32-4)14-23(16)33(28,29)26-19-7-5-6-8-20(19)30-2/h5-14,26H,15H2,1-4H3,(H,25,27). The molecule has 3 rings (SSSR count). The van der Waals surface area contributed by atoms with Gasteiger partial charge in [-0.3, -0.25) is 9.52 Å². The molecule has 174 valence electrons. The first-order chi connectivity index (χ1) is 15.8. The zero-order valence-electron chi connectivity index (χ0n) is 18.8. The number of carbonyl (C=O) groups excluding carboxylic acids is 1. The molecule has 9 heteroatoms. The summed E-state index contributed by atoms with van der Waals surface area (Å²) in [5.41, 5.74) is 1.84. The van der Waals surface area contributed by atoms with Gasteiger partial charge in [-0.25, -0.2) is 8.42 Å². The molecule has 2 N–H and O–H groups in total. The lowest BCUT2D eigenvalue weighted by Gasteiger charge is -2.14. The van der Waals surface area contributed by atoms with Crippen LogP contribution in [0.25, 0.3) is 0 Å². The molecular formula is C24H26N2O6S. The minimum atomic E-state index is -3.96. The first kappa shape index (κ1) is 23.9. The lowest BCUT2D eigenvalue weighted by Crippen LogP contribution is -2.23. The van der Waals surface area contributed by atoms with Gasteiger partial charge in [0, 0.05) is 12.1 Å². The van der Waals surface area contributed by atoms with Crippen LogP contribution in [0, 0.1) is 6.92 Å². The highest BCUT2D eigenvalue weighted by Gasteiger charge is 2.21. The summed E-state index contributed by atoms with van der Waals surface area (Å²) < 4.78 is 44.3. The van der Waals surface area contributed by atoms with E-state index in [1.165, 1.54) is 20.3 Å². The average Bonchev–Trinajstić information content (AvgIpc) is 2.82. The van der Waals surface area contributed by atoms with Crippen LogP contribution >= 0.6 is 0 Å². The molecule has 0 unspecified atom stereocenters. The lowest BCUT2D eigenvalue weighted by molar-refractivity contribution is 0.0950. The molecule has 0 saturated carbocycles. The van der Waals surface area contributed by atoms with E-state index in [0.29, 0.717) is 28.5 Å². The molecular weight excluding hydrogens is 444 g/mol. The molecule has 0 heterocycles. The van der Waals surface area contributed by atoms with Crippen LogP contribution in [0.4, 0.5) is 5.69 Å². The van der Waals surface area contributed by atoms with Crippen molar-refractivity contribution in [2.75, 3.05) is 26.1 Å². The van der Waals surface area contributed by atoms with E-state index in [0.717, 1.165) is 5.56 Å². The van der Waals surface area contributed by atoms with Crippen molar-refractivity contribution in [2.24, 2.45) is 0 Å². The van der Waals surface area contributed by atoms with Crippen LogP contribution in [0.3, 0.4) is 0 Å². The molecule has 8 nitrogen and oxygen atoms in total. The van der Waals surface area contributed by atoms with E-state index in [2.05, 4.69) is 10.0 Å². The van der Waals surface area contributed by atoms with Crippen molar-refractivity contribution in [1.29, 1.82) is 0 Å². The van der Waals surface area contributed by atoms with E-state index in [4.69, 9.17) is 14.2 Å². The van der Waals surface area contributed by atoms with Gasteiger partial charge in [-0.15, -0.1) is 0 Å². The fourth-order valence-electron chi connectivity index (χ4n) is 3.23. The molecule has 0 aromatic heterocycles. The van der Waals surface area contributed by atoms with E-state index in [-0.39, 0.29) is 17.0 Å². The Bertz CT molecular complexity index is 1260. The maximum atomic E-state index is 13.1.